The van der Waals surface area contributed by atoms with Crippen molar-refractivity contribution in [2.24, 2.45) is 0 Å². The molecule has 41 heavy (non-hydrogen) atoms. The summed E-state index contributed by atoms with van der Waals surface area (Å²) < 4.78 is 12.2. The maximum absolute atomic E-state index is 12.8. The molecule has 1 aliphatic rings. The maximum Gasteiger partial charge on any atom is 0.337 e. The molecule has 1 N–H and O–H groups in total. The lowest BCUT2D eigenvalue weighted by molar-refractivity contribution is -0.160. The van der Waals surface area contributed by atoms with Gasteiger partial charge in [-0.3, -0.25) is 4.98 Å². The molecule has 7 heteroatoms. The van der Waals surface area contributed by atoms with Crippen LogP contribution < -0.4 is 4.74 Å². The molecule has 1 atom stereocenters. The average Bonchev–Trinajstić information content (AvgIpc) is 2.91. The standard InChI is InChI=1S/C34H33N3O4/c1-18-15-23-16-22(28-19(2)36-17-37-20(28)3)7-8-24(23)30(27(18)32(33(38)39)41-34(4,5)6)25-9-10-26-29-21(12-14-40-26)11-13-35-31(25)29/h7-11,13,15-17,32H,12,14H2,1-6H3,(H,38,39). The van der Waals surface area contributed by atoms with Crippen LogP contribution in [0.3, 0.4) is 0 Å². The van der Waals surface area contributed by atoms with Crippen LogP contribution >= 0.6 is 0 Å². The number of aryl methyl sites for hydroxylation is 3. The van der Waals surface area contributed by atoms with Gasteiger partial charge in [0.2, 0.25) is 0 Å². The zero-order valence-electron chi connectivity index (χ0n) is 24.2. The van der Waals surface area contributed by atoms with Crippen LogP contribution in [0.4, 0.5) is 0 Å². The number of nitrogens with zero attached hydrogens (tertiary/aromatic N) is 3. The molecular formula is C34H33N3O4. The average molecular weight is 548 g/mol. The van der Waals surface area contributed by atoms with Gasteiger partial charge in [0.05, 0.1) is 17.7 Å². The monoisotopic (exact) mass is 547 g/mol. The first-order valence-electron chi connectivity index (χ1n) is 13.8. The fraction of sp³-hybridized carbons (Fsp3) is 0.294. The Bertz CT molecular complexity index is 1830. The van der Waals surface area contributed by atoms with Gasteiger partial charge in [-0.05, 0) is 98.8 Å². The maximum atomic E-state index is 12.8. The Balaban J connectivity index is 1.71. The van der Waals surface area contributed by atoms with Gasteiger partial charge in [0, 0.05) is 46.1 Å². The van der Waals surface area contributed by atoms with Crippen molar-refractivity contribution in [2.45, 2.75) is 59.7 Å². The number of ether oxygens (including phenoxy) is 2. The SMILES string of the molecule is Cc1cc2cc(-c3c(C)ncnc3C)ccc2c(-c2ccc3c4c(ccnc24)CCO3)c1C(OC(C)(C)C)C(=O)O. The lowest BCUT2D eigenvalue weighted by Crippen LogP contribution is -2.28. The first-order valence-corrected chi connectivity index (χ1v) is 13.8. The molecule has 0 saturated carbocycles. The zero-order chi connectivity index (χ0) is 29.1. The number of hydrogen-bond donors (Lipinski definition) is 1. The second kappa shape index (κ2) is 9.93. The fourth-order valence-corrected chi connectivity index (χ4v) is 6.05. The van der Waals surface area contributed by atoms with E-state index in [1.165, 1.54) is 5.56 Å². The lowest BCUT2D eigenvalue weighted by Gasteiger charge is -2.29. The van der Waals surface area contributed by atoms with Crippen molar-refractivity contribution in [3.8, 4) is 28.0 Å². The highest BCUT2D eigenvalue weighted by Gasteiger charge is 2.32. The summed E-state index contributed by atoms with van der Waals surface area (Å²) in [5, 5.41) is 13.4. The van der Waals surface area contributed by atoms with Gasteiger partial charge in [-0.25, -0.2) is 14.8 Å². The molecule has 6 rings (SSSR count). The van der Waals surface area contributed by atoms with Gasteiger partial charge in [0.25, 0.3) is 0 Å². The number of carbonyl (C=O) groups is 1. The van der Waals surface area contributed by atoms with Crippen LogP contribution in [0.1, 0.15) is 55.0 Å². The van der Waals surface area contributed by atoms with Crippen LogP contribution in [0.5, 0.6) is 5.75 Å². The lowest BCUT2D eigenvalue weighted by atomic mass is 9.84. The van der Waals surface area contributed by atoms with E-state index >= 15 is 0 Å². The summed E-state index contributed by atoms with van der Waals surface area (Å²) in [7, 11) is 0. The molecule has 3 heterocycles. The second-order valence-electron chi connectivity index (χ2n) is 11.7. The smallest absolute Gasteiger partial charge is 0.337 e. The fourth-order valence-electron chi connectivity index (χ4n) is 6.05. The summed E-state index contributed by atoms with van der Waals surface area (Å²) >= 11 is 0. The van der Waals surface area contributed by atoms with Crippen molar-refractivity contribution in [1.29, 1.82) is 0 Å². The molecule has 0 fully saturated rings. The van der Waals surface area contributed by atoms with E-state index in [-0.39, 0.29) is 0 Å². The third kappa shape index (κ3) is 4.70. The number of aliphatic carboxylic acids is 1. The van der Waals surface area contributed by atoms with E-state index in [0.717, 1.165) is 73.1 Å². The highest BCUT2D eigenvalue weighted by Crippen LogP contribution is 2.45. The van der Waals surface area contributed by atoms with Gasteiger partial charge in [0.15, 0.2) is 6.10 Å². The number of carboxylic acids is 1. The predicted octanol–water partition coefficient (Wildman–Crippen LogP) is 7.31. The summed E-state index contributed by atoms with van der Waals surface area (Å²) in [6.07, 6.45) is 3.03. The van der Waals surface area contributed by atoms with Crippen molar-refractivity contribution in [3.05, 3.63) is 83.1 Å². The minimum absolute atomic E-state index is 0.620. The number of hydrogen-bond acceptors (Lipinski definition) is 6. The molecule has 0 aliphatic carbocycles. The predicted molar refractivity (Wildman–Crippen MR) is 160 cm³/mol. The first kappa shape index (κ1) is 26.8. The normalized spacial score (nSPS) is 13.8. The summed E-state index contributed by atoms with van der Waals surface area (Å²) in [4.78, 5) is 26.5. The Morgan fingerprint density at radius 2 is 1.73 bits per heavy atom. The summed E-state index contributed by atoms with van der Waals surface area (Å²) in [6, 6.07) is 14.3. The first-order chi connectivity index (χ1) is 19.5. The minimum Gasteiger partial charge on any atom is -0.493 e. The van der Waals surface area contributed by atoms with Crippen LogP contribution in [-0.4, -0.2) is 38.2 Å². The van der Waals surface area contributed by atoms with E-state index in [4.69, 9.17) is 14.5 Å². The van der Waals surface area contributed by atoms with E-state index in [2.05, 4.69) is 34.2 Å². The number of rotatable bonds is 5. The summed E-state index contributed by atoms with van der Waals surface area (Å²) in [6.45, 7) is 12.2. The number of aromatic nitrogens is 3. The van der Waals surface area contributed by atoms with Crippen LogP contribution in [0.25, 0.3) is 43.9 Å². The summed E-state index contributed by atoms with van der Waals surface area (Å²) in [5.74, 6) is -0.235. The van der Waals surface area contributed by atoms with Gasteiger partial charge in [-0.2, -0.15) is 0 Å². The highest BCUT2D eigenvalue weighted by atomic mass is 16.5. The third-order valence-electron chi connectivity index (χ3n) is 7.70. The topological polar surface area (TPSA) is 94.4 Å². The zero-order valence-corrected chi connectivity index (χ0v) is 24.2. The molecule has 5 aromatic rings. The molecule has 7 nitrogen and oxygen atoms in total. The Hall–Kier alpha value is -4.36. The van der Waals surface area contributed by atoms with E-state index in [1.54, 1.807) is 6.33 Å². The van der Waals surface area contributed by atoms with Gasteiger partial charge < -0.3 is 14.6 Å². The Morgan fingerprint density at radius 1 is 0.976 bits per heavy atom. The van der Waals surface area contributed by atoms with Crippen molar-refractivity contribution < 1.29 is 19.4 Å². The molecule has 2 aromatic heterocycles. The van der Waals surface area contributed by atoms with Crippen LogP contribution in [0.2, 0.25) is 0 Å². The third-order valence-corrected chi connectivity index (χ3v) is 7.70. The minimum atomic E-state index is -1.18. The summed E-state index contributed by atoms with van der Waals surface area (Å²) in [5.41, 5.74) is 8.22. The molecular weight excluding hydrogens is 514 g/mol. The van der Waals surface area contributed by atoms with E-state index in [1.807, 2.05) is 65.9 Å². The molecule has 0 spiro atoms. The van der Waals surface area contributed by atoms with Gasteiger partial charge in [-0.1, -0.05) is 18.2 Å². The number of fused-ring (bicyclic) bond motifs is 1. The molecule has 1 unspecified atom stereocenters. The molecule has 0 bridgehead atoms. The molecule has 3 aromatic carbocycles. The molecule has 1 aliphatic heterocycles. The van der Waals surface area contributed by atoms with E-state index in [9.17, 15) is 9.90 Å². The van der Waals surface area contributed by atoms with Gasteiger partial charge >= 0.3 is 5.97 Å². The van der Waals surface area contributed by atoms with E-state index in [0.29, 0.717) is 12.2 Å². The van der Waals surface area contributed by atoms with Gasteiger partial charge in [0.1, 0.15) is 12.1 Å². The molecule has 0 radical (unpaired) electrons. The quantitative estimate of drug-likeness (QED) is 0.246. The Kier molecular flexibility index (Phi) is 6.50. The molecule has 208 valence electrons. The second-order valence-corrected chi connectivity index (χ2v) is 11.7. The van der Waals surface area contributed by atoms with Crippen LogP contribution in [-0.2, 0) is 16.0 Å². The number of benzene rings is 3. The van der Waals surface area contributed by atoms with Crippen LogP contribution in [0, 0.1) is 20.8 Å². The number of carboxylic acid groups (broad SMARTS) is 1. The van der Waals surface area contributed by atoms with Gasteiger partial charge in [-0.15, -0.1) is 0 Å². The van der Waals surface area contributed by atoms with Crippen molar-refractivity contribution in [2.75, 3.05) is 6.61 Å². The number of pyridine rings is 1. The largest absolute Gasteiger partial charge is 0.493 e. The van der Waals surface area contributed by atoms with Crippen molar-refractivity contribution >= 4 is 27.6 Å². The van der Waals surface area contributed by atoms with Crippen molar-refractivity contribution in [3.63, 3.8) is 0 Å². The Labute approximate surface area is 239 Å². The highest BCUT2D eigenvalue weighted by molar-refractivity contribution is 6.09. The van der Waals surface area contributed by atoms with E-state index < -0.39 is 17.7 Å². The van der Waals surface area contributed by atoms with Crippen LogP contribution in [0.15, 0.2) is 55.0 Å². The van der Waals surface area contributed by atoms with Crippen molar-refractivity contribution in [1.82, 2.24) is 15.0 Å². The molecule has 0 amide bonds. The Morgan fingerprint density at radius 3 is 2.44 bits per heavy atom. The molecule has 0 saturated heterocycles.